The van der Waals surface area contributed by atoms with E-state index in [0.29, 0.717) is 16.9 Å². The van der Waals surface area contributed by atoms with Crippen LogP contribution in [0.4, 0.5) is 34.1 Å². The lowest BCUT2D eigenvalue weighted by Gasteiger charge is -2.45. The molecule has 0 aliphatic carbocycles. The number of hydrogen-bond donors (Lipinski definition) is 0. The zero-order valence-electron chi connectivity index (χ0n) is 63.2. The Bertz CT molecular complexity index is 6250. The molecule has 0 spiro atoms. The summed E-state index contributed by atoms with van der Waals surface area (Å²) in [5, 5.41) is 3.99. The Morgan fingerprint density at radius 1 is 0.312 bits per heavy atom. The van der Waals surface area contributed by atoms with Crippen molar-refractivity contribution < 1.29 is 15.4 Å². The minimum atomic E-state index is -0.499. The summed E-state index contributed by atoms with van der Waals surface area (Å²) in [7, 11) is 0. The molecule has 3 aromatic heterocycles. The van der Waals surface area contributed by atoms with Crippen molar-refractivity contribution in [2.45, 2.75) is 78.6 Å². The highest BCUT2D eigenvalue weighted by Gasteiger charge is 2.46. The molecule has 0 N–H and O–H groups in total. The average Bonchev–Trinajstić information content (AvgIpc) is 0.958. The molecule has 13 aromatic carbocycles. The van der Waals surface area contributed by atoms with E-state index in [-0.39, 0.29) is 44.7 Å². The van der Waals surface area contributed by atoms with Crippen LogP contribution >= 0.6 is 0 Å². The van der Waals surface area contributed by atoms with E-state index < -0.39 is 48.4 Å². The zero-order valence-corrected chi connectivity index (χ0v) is 55.2. The molecule has 0 atom stereocenters. The fourth-order valence-electron chi connectivity index (χ4n) is 15.3. The highest BCUT2D eigenvalue weighted by molar-refractivity contribution is 7.00. The molecule has 96 heavy (non-hydrogen) atoms. The van der Waals surface area contributed by atoms with Gasteiger partial charge in [-0.05, 0) is 174 Å². The molecular weight excluding hydrogens is 1160 g/mol. The lowest BCUT2D eigenvalue weighted by molar-refractivity contribution is 0.569. The fraction of sp³-hybridized carbons (Fsp3) is 0.133. The van der Waals surface area contributed by atoms with Crippen LogP contribution < -0.4 is 26.2 Å². The van der Waals surface area contributed by atoms with E-state index in [1.807, 2.05) is 42.5 Å². The van der Waals surface area contributed by atoms with Crippen molar-refractivity contribution in [2.75, 3.05) is 9.80 Å². The number of aromatic nitrogens is 2. The molecule has 18 rings (SSSR count). The van der Waals surface area contributed by atoms with Crippen LogP contribution in [0.3, 0.4) is 0 Å². The number of benzene rings is 13. The van der Waals surface area contributed by atoms with Crippen molar-refractivity contribution in [3.8, 4) is 44.8 Å². The topological polar surface area (TPSA) is 29.5 Å². The Labute approximate surface area is 573 Å². The number of furan rings is 1. The number of hydrogen-bond acceptors (Lipinski definition) is 3. The van der Waals surface area contributed by atoms with Gasteiger partial charge in [0.1, 0.15) is 11.2 Å². The van der Waals surface area contributed by atoms with E-state index >= 15 is 0 Å². The first-order valence-corrected chi connectivity index (χ1v) is 33.3. The number of para-hydroxylation sites is 5. The first-order valence-electron chi connectivity index (χ1n) is 37.3. The average molecular weight is 1250 g/mol. The molecule has 0 amide bonds. The number of fused-ring (bicyclic) bond motifs is 13. The normalized spacial score (nSPS) is 14.4. The van der Waals surface area contributed by atoms with Crippen molar-refractivity contribution in [1.29, 1.82) is 0 Å². The van der Waals surface area contributed by atoms with Crippen LogP contribution in [0.2, 0.25) is 0 Å². The summed E-state index contributed by atoms with van der Waals surface area (Å²) in [6.45, 7) is 20.1. The summed E-state index contributed by atoms with van der Waals surface area (Å²) in [4.78, 5) is 4.97. The summed E-state index contributed by atoms with van der Waals surface area (Å²) in [5.41, 5.74) is 22.5. The van der Waals surface area contributed by atoms with Gasteiger partial charge in [0.25, 0.3) is 6.71 Å². The maximum Gasteiger partial charge on any atom is 0.252 e. The predicted molar refractivity (Wildman–Crippen MR) is 409 cm³/mol. The molecule has 462 valence electrons. The molecule has 5 heterocycles. The molecule has 0 unspecified atom stereocenters. The first-order chi connectivity index (χ1) is 49.8. The smallest absolute Gasteiger partial charge is 0.252 e. The summed E-state index contributed by atoms with van der Waals surface area (Å²) in [6.07, 6.45) is 0. The van der Waals surface area contributed by atoms with Crippen LogP contribution in [0.15, 0.2) is 283 Å². The van der Waals surface area contributed by atoms with E-state index in [9.17, 15) is 8.22 Å². The monoisotopic (exact) mass is 1240 g/mol. The molecule has 2 aliphatic heterocycles. The quantitative estimate of drug-likeness (QED) is 0.149. The Morgan fingerprint density at radius 2 is 0.792 bits per heavy atom. The maximum atomic E-state index is 9.77. The van der Waals surface area contributed by atoms with Gasteiger partial charge < -0.3 is 23.4 Å². The van der Waals surface area contributed by atoms with Crippen LogP contribution in [0.25, 0.3) is 110 Å². The predicted octanol–water partition coefficient (Wildman–Crippen LogP) is 22.8. The summed E-state index contributed by atoms with van der Waals surface area (Å²) >= 11 is 0. The second kappa shape index (κ2) is 21.2. The van der Waals surface area contributed by atoms with Gasteiger partial charge in [-0.25, -0.2) is 0 Å². The van der Waals surface area contributed by atoms with Gasteiger partial charge in [-0.15, -0.1) is 0 Å². The molecular formula is C90H73BN4O. The highest BCUT2D eigenvalue weighted by atomic mass is 16.3. The molecule has 0 saturated heterocycles. The van der Waals surface area contributed by atoms with Gasteiger partial charge in [-0.3, -0.25) is 0 Å². The van der Waals surface area contributed by atoms with Crippen molar-refractivity contribution in [2.24, 2.45) is 0 Å². The minimum Gasteiger partial charge on any atom is -0.456 e. The second-order valence-corrected chi connectivity index (χ2v) is 29.2. The Morgan fingerprint density at radius 3 is 1.41 bits per heavy atom. The molecule has 5 nitrogen and oxygen atoms in total. The van der Waals surface area contributed by atoms with Gasteiger partial charge in [-0.1, -0.05) is 250 Å². The molecule has 0 fully saturated rings. The SMILES string of the molecule is [2H]c1c([2H])c([2H])c2c(c1[2H])c1c([2H])c([2H])c([2H])c([2H])c1n2-c1ccc2c(c1)N(c1cc(-c3ccccc3)cc3oc4ccccc4c13)c1cc(C(C)(C)C)cc3c1B2c1ccc(-c2cc(C(C)(C)C)cc(C(C)(C)C)c2)cc1N3c1cc(-c2ccccc2)cc2c1c1ccccc1n2-c1ccccc1. The van der Waals surface area contributed by atoms with Crippen LogP contribution in [0.1, 0.15) is 90.0 Å². The highest BCUT2D eigenvalue weighted by Crippen LogP contribution is 2.54. The van der Waals surface area contributed by atoms with E-state index in [1.165, 1.54) is 11.1 Å². The van der Waals surface area contributed by atoms with Crippen LogP contribution in [0.5, 0.6) is 0 Å². The first kappa shape index (κ1) is 49.5. The Kier molecular flexibility index (Phi) is 10.9. The molecule has 16 aromatic rings. The van der Waals surface area contributed by atoms with Crippen molar-refractivity contribution in [3.05, 3.63) is 296 Å². The summed E-state index contributed by atoms with van der Waals surface area (Å²) in [5.74, 6) is 0. The Balaban J connectivity index is 1.04. The molecule has 2 aliphatic rings. The van der Waals surface area contributed by atoms with Crippen LogP contribution in [-0.2, 0) is 16.2 Å². The standard InChI is InChI=1S/C90H73BN4O/c1-88(2,3)62-45-59(46-63(52-62)89(4,5)6)58-41-43-71-76(47-58)94(79-49-60(56-27-13-10-14-28-56)48-78-85(79)69-35-21-25-39-75(69)92(78)65-31-17-12-18-32-65)81-53-64(90(7,8)9)54-82-87(81)91(71)72-44-42-66(93-73-37-23-19-33-67(73)68-34-20-24-38-74(68)93)55-77(72)95(82)80-50-61(57-29-15-11-16-30-57)51-84-86(80)70-36-22-26-40-83(70)96-84/h10-55H,1-9H3/i19D,20D,23D,24D,33D,34D,37D,38D. The third-order valence-electron chi connectivity index (χ3n) is 20.1. The maximum absolute atomic E-state index is 9.77. The molecule has 0 saturated carbocycles. The van der Waals surface area contributed by atoms with Gasteiger partial charge in [-0.2, -0.15) is 0 Å². The third kappa shape index (κ3) is 8.98. The lowest BCUT2D eigenvalue weighted by atomic mass is 9.33. The molecule has 0 radical (unpaired) electrons. The minimum absolute atomic E-state index is 0.0108. The van der Waals surface area contributed by atoms with E-state index in [4.69, 9.17) is 7.16 Å². The van der Waals surface area contributed by atoms with Crippen LogP contribution in [0, 0.1) is 0 Å². The third-order valence-corrected chi connectivity index (χ3v) is 20.1. The van der Waals surface area contributed by atoms with Crippen LogP contribution in [-0.4, -0.2) is 15.8 Å². The van der Waals surface area contributed by atoms with E-state index in [1.54, 1.807) is 4.57 Å². The Hall–Kier alpha value is -11.1. The van der Waals surface area contributed by atoms with E-state index in [0.717, 1.165) is 128 Å². The van der Waals surface area contributed by atoms with Gasteiger partial charge in [0.2, 0.25) is 0 Å². The number of rotatable bonds is 7. The van der Waals surface area contributed by atoms with Gasteiger partial charge in [0.05, 0.1) is 49.8 Å². The van der Waals surface area contributed by atoms with Crippen molar-refractivity contribution in [3.63, 3.8) is 0 Å². The lowest BCUT2D eigenvalue weighted by Crippen LogP contribution is -2.61. The molecule has 0 bridgehead atoms. The van der Waals surface area contributed by atoms with E-state index in [2.05, 4.69) is 265 Å². The number of anilines is 6. The van der Waals surface area contributed by atoms with Crippen molar-refractivity contribution in [1.82, 2.24) is 9.13 Å². The van der Waals surface area contributed by atoms with Gasteiger partial charge in [0.15, 0.2) is 0 Å². The largest absolute Gasteiger partial charge is 0.456 e. The zero-order chi connectivity index (χ0) is 72.1. The summed E-state index contributed by atoms with van der Waals surface area (Å²) in [6, 6.07) is 79.6. The molecule has 6 heteroatoms. The summed E-state index contributed by atoms with van der Waals surface area (Å²) < 4.78 is 86.1. The van der Waals surface area contributed by atoms with Crippen molar-refractivity contribution >= 4 is 123 Å². The number of nitrogens with zero attached hydrogens (tertiary/aromatic N) is 4. The fourth-order valence-corrected chi connectivity index (χ4v) is 15.3. The van der Waals surface area contributed by atoms with Gasteiger partial charge in [0, 0.05) is 61.1 Å². The van der Waals surface area contributed by atoms with Gasteiger partial charge >= 0.3 is 0 Å². The second-order valence-electron chi connectivity index (χ2n) is 29.2.